The fraction of sp³-hybridized carbons (Fsp3) is 0.238. The van der Waals surface area contributed by atoms with Gasteiger partial charge in [-0.05, 0) is 38.1 Å². The predicted octanol–water partition coefficient (Wildman–Crippen LogP) is 3.45. The SMILES string of the molecule is Cc1nn(-c2ccccc2)c(C)c1NC(=O)C[NH+](C)Cc1ccc(Cl)cc1Cl. The molecule has 1 amide bonds. The number of nitrogens with zero attached hydrogens (tertiary/aromatic N) is 2. The van der Waals surface area contributed by atoms with Gasteiger partial charge in [0, 0.05) is 10.6 Å². The van der Waals surface area contributed by atoms with E-state index in [0.717, 1.165) is 33.2 Å². The minimum Gasteiger partial charge on any atom is -0.326 e. The third-order valence-corrected chi connectivity index (χ3v) is 5.11. The van der Waals surface area contributed by atoms with E-state index in [0.29, 0.717) is 23.1 Å². The van der Waals surface area contributed by atoms with Crippen molar-refractivity contribution in [1.29, 1.82) is 0 Å². The smallest absolute Gasteiger partial charge is 0.279 e. The summed E-state index contributed by atoms with van der Waals surface area (Å²) >= 11 is 12.2. The number of para-hydroxylation sites is 1. The molecule has 146 valence electrons. The van der Waals surface area contributed by atoms with Crippen LogP contribution in [-0.2, 0) is 11.3 Å². The van der Waals surface area contributed by atoms with Crippen molar-refractivity contribution in [2.75, 3.05) is 18.9 Å². The number of benzene rings is 2. The summed E-state index contributed by atoms with van der Waals surface area (Å²) in [6.45, 7) is 4.79. The average molecular weight is 418 g/mol. The zero-order chi connectivity index (χ0) is 20.3. The molecule has 0 bridgehead atoms. The van der Waals surface area contributed by atoms with E-state index in [1.54, 1.807) is 12.1 Å². The summed E-state index contributed by atoms with van der Waals surface area (Å²) in [5, 5.41) is 8.79. The van der Waals surface area contributed by atoms with Crippen LogP contribution in [0.25, 0.3) is 5.69 Å². The van der Waals surface area contributed by atoms with Gasteiger partial charge in [0.25, 0.3) is 5.91 Å². The lowest BCUT2D eigenvalue weighted by Crippen LogP contribution is -3.08. The molecule has 1 aromatic heterocycles. The molecule has 0 saturated carbocycles. The Morgan fingerprint density at radius 3 is 2.54 bits per heavy atom. The molecule has 1 unspecified atom stereocenters. The first kappa shape index (κ1) is 20.4. The van der Waals surface area contributed by atoms with Crippen molar-refractivity contribution in [1.82, 2.24) is 9.78 Å². The second-order valence-corrected chi connectivity index (χ2v) is 7.73. The summed E-state index contributed by atoms with van der Waals surface area (Å²) in [6.07, 6.45) is 0. The van der Waals surface area contributed by atoms with Crippen molar-refractivity contribution in [3.8, 4) is 5.69 Å². The Bertz CT molecular complexity index is 986. The average Bonchev–Trinajstić information content (AvgIpc) is 2.93. The van der Waals surface area contributed by atoms with Crippen LogP contribution in [0.4, 0.5) is 5.69 Å². The molecule has 1 heterocycles. The second-order valence-electron chi connectivity index (χ2n) is 6.89. The number of halogens is 2. The quantitative estimate of drug-likeness (QED) is 0.645. The topological polar surface area (TPSA) is 51.4 Å². The molecule has 0 radical (unpaired) electrons. The standard InChI is InChI=1S/C21H22Cl2N4O/c1-14-21(15(2)27(25-14)18-7-5-4-6-8-18)24-20(28)13-26(3)12-16-9-10-17(22)11-19(16)23/h4-11H,12-13H2,1-3H3,(H,24,28)/p+1. The van der Waals surface area contributed by atoms with Gasteiger partial charge in [0.05, 0.1) is 34.8 Å². The van der Waals surface area contributed by atoms with Gasteiger partial charge < -0.3 is 10.2 Å². The largest absolute Gasteiger partial charge is 0.326 e. The Labute approximate surface area is 174 Å². The summed E-state index contributed by atoms with van der Waals surface area (Å²) in [5.74, 6) is -0.0682. The van der Waals surface area contributed by atoms with Crippen molar-refractivity contribution >= 4 is 34.8 Å². The molecule has 0 aliphatic heterocycles. The Hall–Kier alpha value is -2.34. The van der Waals surface area contributed by atoms with Gasteiger partial charge >= 0.3 is 0 Å². The van der Waals surface area contributed by atoms with Crippen LogP contribution in [0.3, 0.4) is 0 Å². The number of quaternary nitrogens is 1. The zero-order valence-electron chi connectivity index (χ0n) is 16.1. The van der Waals surface area contributed by atoms with E-state index in [4.69, 9.17) is 23.2 Å². The minimum absolute atomic E-state index is 0.0682. The molecule has 3 rings (SSSR count). The van der Waals surface area contributed by atoms with Crippen molar-refractivity contribution in [3.63, 3.8) is 0 Å². The Morgan fingerprint density at radius 1 is 1.14 bits per heavy atom. The molecule has 0 fully saturated rings. The van der Waals surface area contributed by atoms with Gasteiger partial charge in [-0.3, -0.25) is 4.79 Å². The fourth-order valence-corrected chi connectivity index (χ4v) is 3.63. The first-order valence-electron chi connectivity index (χ1n) is 9.02. The van der Waals surface area contributed by atoms with Gasteiger partial charge in [-0.2, -0.15) is 5.10 Å². The van der Waals surface area contributed by atoms with Crippen LogP contribution < -0.4 is 10.2 Å². The third kappa shape index (κ3) is 4.73. The van der Waals surface area contributed by atoms with E-state index >= 15 is 0 Å². The number of amides is 1. The van der Waals surface area contributed by atoms with E-state index in [9.17, 15) is 4.79 Å². The molecule has 0 aliphatic rings. The predicted molar refractivity (Wildman–Crippen MR) is 114 cm³/mol. The third-order valence-electron chi connectivity index (χ3n) is 4.53. The number of carbonyl (C=O) groups excluding carboxylic acids is 1. The number of aryl methyl sites for hydroxylation is 1. The lowest BCUT2D eigenvalue weighted by Gasteiger charge is -2.15. The van der Waals surface area contributed by atoms with Crippen molar-refractivity contribution in [2.24, 2.45) is 0 Å². The van der Waals surface area contributed by atoms with Crippen LogP contribution in [0.15, 0.2) is 48.5 Å². The highest BCUT2D eigenvalue weighted by molar-refractivity contribution is 6.35. The van der Waals surface area contributed by atoms with E-state index in [-0.39, 0.29) is 5.91 Å². The summed E-state index contributed by atoms with van der Waals surface area (Å²) in [4.78, 5) is 13.6. The number of carbonyl (C=O) groups is 1. The molecule has 2 aromatic carbocycles. The number of anilines is 1. The zero-order valence-corrected chi connectivity index (χ0v) is 17.6. The van der Waals surface area contributed by atoms with Crippen LogP contribution >= 0.6 is 23.2 Å². The highest BCUT2D eigenvalue weighted by atomic mass is 35.5. The van der Waals surface area contributed by atoms with E-state index in [2.05, 4.69) is 10.4 Å². The van der Waals surface area contributed by atoms with Crippen LogP contribution in [-0.4, -0.2) is 29.3 Å². The fourth-order valence-electron chi connectivity index (χ4n) is 3.15. The van der Waals surface area contributed by atoms with Crippen molar-refractivity contribution in [2.45, 2.75) is 20.4 Å². The molecular weight excluding hydrogens is 395 g/mol. The molecule has 0 aliphatic carbocycles. The van der Waals surface area contributed by atoms with Crippen LogP contribution in [0, 0.1) is 13.8 Å². The van der Waals surface area contributed by atoms with Gasteiger partial charge in [-0.25, -0.2) is 4.68 Å². The molecule has 0 spiro atoms. The Balaban J connectivity index is 1.67. The minimum atomic E-state index is -0.0682. The van der Waals surface area contributed by atoms with Crippen LogP contribution in [0.1, 0.15) is 17.0 Å². The Morgan fingerprint density at radius 2 is 1.86 bits per heavy atom. The van der Waals surface area contributed by atoms with Crippen LogP contribution in [0.5, 0.6) is 0 Å². The first-order valence-corrected chi connectivity index (χ1v) is 9.77. The second kappa shape index (κ2) is 8.78. The van der Waals surface area contributed by atoms with Gasteiger partial charge in [0.2, 0.25) is 0 Å². The number of likely N-dealkylation sites (N-methyl/N-ethyl adjacent to an activating group) is 1. The maximum absolute atomic E-state index is 12.6. The molecular formula is C21H23Cl2N4O+. The van der Waals surface area contributed by atoms with E-state index in [1.807, 2.05) is 62.0 Å². The highest BCUT2D eigenvalue weighted by Gasteiger charge is 2.18. The molecule has 0 saturated heterocycles. The molecule has 1 atom stereocenters. The highest BCUT2D eigenvalue weighted by Crippen LogP contribution is 2.23. The van der Waals surface area contributed by atoms with Crippen LogP contribution in [0.2, 0.25) is 10.0 Å². The van der Waals surface area contributed by atoms with E-state index < -0.39 is 0 Å². The van der Waals surface area contributed by atoms with E-state index in [1.165, 1.54) is 0 Å². The van der Waals surface area contributed by atoms with Crippen molar-refractivity contribution < 1.29 is 9.69 Å². The van der Waals surface area contributed by atoms with Gasteiger partial charge in [0.15, 0.2) is 6.54 Å². The summed E-state index contributed by atoms with van der Waals surface area (Å²) in [5.41, 5.74) is 4.36. The number of aromatic nitrogens is 2. The summed E-state index contributed by atoms with van der Waals surface area (Å²) in [6, 6.07) is 15.3. The molecule has 5 nitrogen and oxygen atoms in total. The van der Waals surface area contributed by atoms with Crippen molar-refractivity contribution in [3.05, 3.63) is 75.5 Å². The lowest BCUT2D eigenvalue weighted by atomic mass is 10.2. The normalized spacial score (nSPS) is 12.0. The number of hydrogen-bond donors (Lipinski definition) is 2. The summed E-state index contributed by atoms with van der Waals surface area (Å²) < 4.78 is 1.84. The number of nitrogens with one attached hydrogen (secondary N) is 2. The Kier molecular flexibility index (Phi) is 6.39. The first-order chi connectivity index (χ1) is 13.3. The maximum atomic E-state index is 12.6. The maximum Gasteiger partial charge on any atom is 0.279 e. The monoisotopic (exact) mass is 417 g/mol. The number of rotatable bonds is 6. The van der Waals surface area contributed by atoms with Gasteiger partial charge in [-0.1, -0.05) is 47.5 Å². The van der Waals surface area contributed by atoms with Gasteiger partial charge in [0.1, 0.15) is 6.54 Å². The molecule has 28 heavy (non-hydrogen) atoms. The van der Waals surface area contributed by atoms with Gasteiger partial charge in [-0.15, -0.1) is 0 Å². The lowest BCUT2D eigenvalue weighted by molar-refractivity contribution is -0.885. The summed E-state index contributed by atoms with van der Waals surface area (Å²) in [7, 11) is 1.96. The number of hydrogen-bond acceptors (Lipinski definition) is 2. The molecule has 7 heteroatoms. The molecule has 3 aromatic rings. The molecule has 2 N–H and O–H groups in total.